The molecular weight excluding hydrogens is 964 g/mol. The van der Waals surface area contributed by atoms with E-state index in [1.54, 1.807) is 0 Å². The fourth-order valence-electron chi connectivity index (χ4n) is 15.1. The number of halogens is 20. The lowest BCUT2D eigenvalue weighted by molar-refractivity contribution is -0.120. The van der Waals surface area contributed by atoms with Gasteiger partial charge in [-0.3, -0.25) is 0 Å². The zero-order valence-corrected chi connectivity index (χ0v) is 36.0. The second-order valence-electron chi connectivity index (χ2n) is 21.3. The third kappa shape index (κ3) is 8.15. The van der Waals surface area contributed by atoms with Gasteiger partial charge in [-0.25, -0.2) is 87.8 Å². The minimum absolute atomic E-state index is 0.279. The molecule has 68 heavy (non-hydrogen) atoms. The zero-order chi connectivity index (χ0) is 49.3. The first kappa shape index (κ1) is 51.3. The van der Waals surface area contributed by atoms with Gasteiger partial charge < -0.3 is 21.3 Å². The third-order valence-electron chi connectivity index (χ3n) is 18.2. The minimum atomic E-state index is -3.26. The monoisotopic (exact) mass is 1020 g/mol. The molecule has 24 unspecified atom stereocenters. The maximum absolute atomic E-state index is 16.2. The number of hydrogen-bond acceptors (Lipinski definition) is 4. The standard InChI is InChI=1S/C44H56F20N4/c45-25-21(26(46)34(54)41(61)33(25)53)17-9-1-2-10(65-9)18(22-27(47)35(55)42(62)36(56)28(22)48)12-5-6-14(67-12)20(24-31(51)39(59)44(64)40(60)32(24)52)16-8-7-15(68-16)19(13-4-3-11(17)66-13)23-29(49)37(57)43(63)38(58)30(23)50/h9-44,65-68H,1-8H2. The summed E-state index contributed by atoms with van der Waals surface area (Å²) in [7, 11) is 0. The number of hydrogen-bond donors (Lipinski definition) is 4. The predicted octanol–water partition coefficient (Wildman–Crippen LogP) is 8.23. The van der Waals surface area contributed by atoms with E-state index in [1.807, 2.05) is 0 Å². The van der Waals surface area contributed by atoms with Crippen molar-refractivity contribution in [2.75, 3.05) is 0 Å². The Morgan fingerprint density at radius 2 is 0.250 bits per heavy atom. The van der Waals surface area contributed by atoms with Gasteiger partial charge in [-0.15, -0.1) is 0 Å². The lowest BCUT2D eigenvalue weighted by atomic mass is 9.69. The van der Waals surface area contributed by atoms with Crippen LogP contribution in [0.1, 0.15) is 51.4 Å². The minimum Gasteiger partial charge on any atom is -0.311 e. The number of fused-ring (bicyclic) bond motifs is 8. The van der Waals surface area contributed by atoms with Gasteiger partial charge in [0.1, 0.15) is 49.4 Å². The van der Waals surface area contributed by atoms with Crippen molar-refractivity contribution >= 4 is 0 Å². The molecule has 9 rings (SSSR count). The summed E-state index contributed by atoms with van der Waals surface area (Å²) in [5.41, 5.74) is 0. The Morgan fingerprint density at radius 1 is 0.147 bits per heavy atom. The molecule has 4 N–H and O–H groups in total. The molecule has 5 heterocycles. The Bertz CT molecular complexity index is 1390. The lowest BCUT2D eigenvalue weighted by Gasteiger charge is -2.48. The SMILES string of the molecule is FC1C(F)C(F)C(C2C3CCC(N3)C(C3C(F)C(F)C(F)C(F)C3F)C3CCC(N3)C(C3C(F)C(F)C(F)C(F)C3F)C3CCC(N3)C(C3C(F)C(F)C(F)C(F)C3F)C3CCC2N3)C(F)C1F. The summed E-state index contributed by atoms with van der Waals surface area (Å²) in [6, 6.07) is -11.0. The molecule has 9 aliphatic rings. The first-order chi connectivity index (χ1) is 32.1. The van der Waals surface area contributed by atoms with Crippen LogP contribution in [0.2, 0.25) is 0 Å². The molecule has 0 amide bonds. The molecule has 8 bridgehead atoms. The van der Waals surface area contributed by atoms with Crippen LogP contribution in [0.3, 0.4) is 0 Å². The molecule has 4 aliphatic carbocycles. The maximum Gasteiger partial charge on any atom is 0.168 e. The normalized spacial score (nSPS) is 62.3. The van der Waals surface area contributed by atoms with Crippen molar-refractivity contribution in [1.82, 2.24) is 21.3 Å². The summed E-state index contributed by atoms with van der Waals surface area (Å²) in [6.45, 7) is 0. The Kier molecular flexibility index (Phi) is 14.6. The highest BCUT2D eigenvalue weighted by atomic mass is 19.2. The van der Waals surface area contributed by atoms with Gasteiger partial charge in [0.15, 0.2) is 74.1 Å². The van der Waals surface area contributed by atoms with Gasteiger partial charge in [-0.2, -0.15) is 0 Å². The van der Waals surface area contributed by atoms with Crippen LogP contribution < -0.4 is 21.3 Å². The van der Waals surface area contributed by atoms with Crippen LogP contribution in [0.5, 0.6) is 0 Å². The van der Waals surface area contributed by atoms with E-state index in [0.717, 1.165) is 0 Å². The molecule has 0 aromatic heterocycles. The Morgan fingerprint density at radius 3 is 0.368 bits per heavy atom. The van der Waals surface area contributed by atoms with Crippen molar-refractivity contribution in [1.29, 1.82) is 0 Å². The number of alkyl halides is 20. The van der Waals surface area contributed by atoms with E-state index in [-0.39, 0.29) is 51.4 Å². The second kappa shape index (κ2) is 19.4. The number of rotatable bonds is 4. The number of nitrogens with one attached hydrogen (secondary N) is 4. The summed E-state index contributed by atoms with van der Waals surface area (Å²) < 4.78 is 311. The highest BCUT2D eigenvalue weighted by Gasteiger charge is 2.66. The molecule has 392 valence electrons. The molecule has 0 radical (unpaired) electrons. The fraction of sp³-hybridized carbons (Fsp3) is 1.00. The smallest absolute Gasteiger partial charge is 0.168 e. The van der Waals surface area contributed by atoms with Crippen LogP contribution in [-0.4, -0.2) is 172 Å². The van der Waals surface area contributed by atoms with Gasteiger partial charge in [0.2, 0.25) is 0 Å². The summed E-state index contributed by atoms with van der Waals surface area (Å²) >= 11 is 0. The molecule has 24 heteroatoms. The van der Waals surface area contributed by atoms with Crippen molar-refractivity contribution in [3.05, 3.63) is 0 Å². The van der Waals surface area contributed by atoms with E-state index in [2.05, 4.69) is 21.3 Å². The molecule has 9 fully saturated rings. The van der Waals surface area contributed by atoms with E-state index < -0.39 is 219 Å². The quantitative estimate of drug-likeness (QED) is 0.215. The van der Waals surface area contributed by atoms with Gasteiger partial charge in [0.05, 0.1) is 0 Å². The van der Waals surface area contributed by atoms with Crippen LogP contribution >= 0.6 is 0 Å². The molecule has 0 aromatic rings. The largest absolute Gasteiger partial charge is 0.311 e. The van der Waals surface area contributed by atoms with E-state index in [4.69, 9.17) is 0 Å². The lowest BCUT2D eigenvalue weighted by Crippen LogP contribution is -2.65. The van der Waals surface area contributed by atoms with Crippen LogP contribution in [0, 0.1) is 47.3 Å². The maximum atomic E-state index is 16.2. The van der Waals surface area contributed by atoms with Crippen molar-refractivity contribution in [3.8, 4) is 0 Å². The highest BCUT2D eigenvalue weighted by Crippen LogP contribution is 2.53. The fourth-order valence-corrected chi connectivity index (χ4v) is 15.1. The van der Waals surface area contributed by atoms with Gasteiger partial charge in [-0.1, -0.05) is 0 Å². The van der Waals surface area contributed by atoms with Crippen molar-refractivity contribution in [2.45, 2.75) is 223 Å². The third-order valence-corrected chi connectivity index (χ3v) is 18.2. The van der Waals surface area contributed by atoms with Crippen LogP contribution in [-0.2, 0) is 0 Å². The molecule has 24 atom stereocenters. The summed E-state index contributed by atoms with van der Waals surface area (Å²) in [4.78, 5) is 0. The van der Waals surface area contributed by atoms with Crippen molar-refractivity contribution < 1.29 is 87.8 Å². The van der Waals surface area contributed by atoms with Gasteiger partial charge >= 0.3 is 0 Å². The van der Waals surface area contributed by atoms with E-state index >= 15 is 70.2 Å². The van der Waals surface area contributed by atoms with Crippen molar-refractivity contribution in [3.63, 3.8) is 0 Å². The predicted molar refractivity (Wildman–Crippen MR) is 206 cm³/mol. The van der Waals surface area contributed by atoms with Crippen LogP contribution in [0.15, 0.2) is 0 Å². The molecular formula is C44H56F20N4. The van der Waals surface area contributed by atoms with Crippen LogP contribution in [0.25, 0.3) is 0 Å². The van der Waals surface area contributed by atoms with E-state index in [9.17, 15) is 17.6 Å². The first-order valence-electron chi connectivity index (χ1n) is 23.9. The topological polar surface area (TPSA) is 48.1 Å². The van der Waals surface area contributed by atoms with Gasteiger partial charge in [0.25, 0.3) is 0 Å². The average Bonchev–Trinajstić information content (AvgIpc) is 4.18. The summed E-state index contributed by atoms with van der Waals surface area (Å²) in [6.07, 6.45) is -65.6. The van der Waals surface area contributed by atoms with Crippen LogP contribution in [0.4, 0.5) is 87.8 Å². The Hall–Kier alpha value is -1.56. The van der Waals surface area contributed by atoms with Gasteiger partial charge in [-0.05, 0) is 75.0 Å². The van der Waals surface area contributed by atoms with E-state index in [1.165, 1.54) is 0 Å². The van der Waals surface area contributed by atoms with Crippen molar-refractivity contribution in [2.24, 2.45) is 47.3 Å². The average molecular weight is 1020 g/mol. The first-order valence-corrected chi connectivity index (χ1v) is 23.9. The zero-order valence-electron chi connectivity index (χ0n) is 36.0. The van der Waals surface area contributed by atoms with E-state index in [0.29, 0.717) is 0 Å². The molecule has 4 saturated carbocycles. The molecule has 5 saturated heterocycles. The molecule has 4 nitrogen and oxygen atoms in total. The summed E-state index contributed by atoms with van der Waals surface area (Å²) in [5, 5.41) is 11.9. The Balaban J connectivity index is 1.17. The molecule has 0 aromatic carbocycles. The molecule has 0 spiro atoms. The summed E-state index contributed by atoms with van der Waals surface area (Å²) in [5.74, 6) is -16.1. The second-order valence-corrected chi connectivity index (χ2v) is 21.3. The Labute approximate surface area is 379 Å². The van der Waals surface area contributed by atoms with Gasteiger partial charge in [0, 0.05) is 72.0 Å². The molecule has 5 aliphatic heterocycles. The highest BCUT2D eigenvalue weighted by molar-refractivity contribution is 5.17.